The molecule has 1 aromatic carbocycles. The molecule has 2 aromatic rings. The number of aryl methyl sites for hydroxylation is 1. The first-order chi connectivity index (χ1) is 17.7. The number of carbonyl (C=O) groups excluding carboxylic acids is 1. The number of benzene rings is 1. The fourth-order valence-corrected chi connectivity index (χ4v) is 5.52. The van der Waals surface area contributed by atoms with Gasteiger partial charge in [-0.05, 0) is 85.4 Å². The number of halogens is 3. The molecule has 0 bridgehead atoms. The summed E-state index contributed by atoms with van der Waals surface area (Å²) in [6, 6.07) is 7.33. The number of cyclic esters (lactones) is 1. The summed E-state index contributed by atoms with van der Waals surface area (Å²) in [6.45, 7) is 12.4. The minimum absolute atomic E-state index is 0.0339. The van der Waals surface area contributed by atoms with Gasteiger partial charge in [-0.2, -0.15) is 13.2 Å². The third-order valence-corrected chi connectivity index (χ3v) is 7.66. The number of ether oxygens (including phenoxy) is 2. The van der Waals surface area contributed by atoms with Crippen molar-refractivity contribution < 1.29 is 27.4 Å². The minimum atomic E-state index is -4.48. The molecule has 2 aliphatic rings. The van der Waals surface area contributed by atoms with E-state index in [9.17, 15) is 18.0 Å². The lowest BCUT2D eigenvalue weighted by Gasteiger charge is -2.35. The van der Waals surface area contributed by atoms with Gasteiger partial charge in [0.15, 0.2) is 0 Å². The number of hydrogen-bond acceptors (Lipinski definition) is 4. The average Bonchev–Trinajstić information content (AvgIpc) is 3.10. The zero-order chi connectivity index (χ0) is 28.0. The molecule has 2 heterocycles. The Balaban J connectivity index is 1.72. The van der Waals surface area contributed by atoms with Crippen LogP contribution >= 0.6 is 0 Å². The van der Waals surface area contributed by atoms with E-state index in [0.29, 0.717) is 23.4 Å². The lowest BCUT2D eigenvalue weighted by Crippen LogP contribution is -2.35. The highest BCUT2D eigenvalue weighted by Gasteiger charge is 2.42. The number of methoxy groups -OCH3 is 1. The number of hydrogen-bond donors (Lipinski definition) is 0. The molecular weight excluding hydrogens is 493 g/mol. The predicted molar refractivity (Wildman–Crippen MR) is 141 cm³/mol. The molecule has 1 aliphatic carbocycles. The zero-order valence-electron chi connectivity index (χ0n) is 23.2. The fourth-order valence-electron chi connectivity index (χ4n) is 5.52. The van der Waals surface area contributed by atoms with Gasteiger partial charge in [0.25, 0.3) is 0 Å². The van der Waals surface area contributed by atoms with Crippen LogP contribution in [0.3, 0.4) is 0 Å². The van der Waals surface area contributed by atoms with E-state index in [4.69, 9.17) is 14.5 Å². The van der Waals surface area contributed by atoms with E-state index in [-0.39, 0.29) is 11.3 Å². The van der Waals surface area contributed by atoms with E-state index in [2.05, 4.69) is 27.7 Å². The zero-order valence-corrected chi connectivity index (χ0v) is 23.2. The molecular formula is C30H37F3N2O3. The van der Waals surface area contributed by atoms with Crippen LogP contribution in [0.15, 0.2) is 35.9 Å². The normalized spacial score (nSPS) is 21.8. The van der Waals surface area contributed by atoms with Gasteiger partial charge < -0.3 is 9.47 Å². The number of carbonyl (C=O) groups is 1. The van der Waals surface area contributed by atoms with E-state index in [1.165, 1.54) is 0 Å². The number of allylic oxidation sites excluding steroid dienone is 1. The number of nitrogens with zero attached hydrogens (tertiary/aromatic N) is 2. The van der Waals surface area contributed by atoms with Gasteiger partial charge >= 0.3 is 12.3 Å². The maximum absolute atomic E-state index is 13.5. The maximum Gasteiger partial charge on any atom is 0.416 e. The third-order valence-electron chi connectivity index (χ3n) is 7.66. The Labute approximate surface area is 223 Å². The number of pyridine rings is 1. The van der Waals surface area contributed by atoms with Gasteiger partial charge in [0.05, 0.1) is 18.7 Å². The van der Waals surface area contributed by atoms with Crippen LogP contribution in [0.4, 0.5) is 18.0 Å². The molecule has 0 N–H and O–H groups in total. The molecule has 1 saturated heterocycles. The smallest absolute Gasteiger partial charge is 0.416 e. The van der Waals surface area contributed by atoms with Crippen molar-refractivity contribution >= 4 is 11.7 Å². The molecule has 4 rings (SSSR count). The Kier molecular flexibility index (Phi) is 7.56. The molecule has 38 heavy (non-hydrogen) atoms. The van der Waals surface area contributed by atoms with E-state index >= 15 is 0 Å². The van der Waals surface area contributed by atoms with Crippen molar-refractivity contribution in [3.8, 4) is 5.75 Å². The molecule has 1 aromatic heterocycles. The van der Waals surface area contributed by atoms with Crippen molar-refractivity contribution in [1.82, 2.24) is 9.88 Å². The molecule has 0 radical (unpaired) electrons. The van der Waals surface area contributed by atoms with Gasteiger partial charge in [-0.25, -0.2) is 9.78 Å². The summed E-state index contributed by atoms with van der Waals surface area (Å²) in [5.41, 5.74) is 4.04. The van der Waals surface area contributed by atoms with E-state index in [0.717, 1.165) is 53.9 Å². The minimum Gasteiger partial charge on any atom is -0.494 e. The molecule has 5 nitrogen and oxygen atoms in total. The molecule has 1 amide bonds. The van der Waals surface area contributed by atoms with Gasteiger partial charge in [-0.15, -0.1) is 0 Å². The van der Waals surface area contributed by atoms with Crippen LogP contribution in [-0.2, 0) is 10.9 Å². The maximum atomic E-state index is 13.5. The Hall–Kier alpha value is -3.03. The van der Waals surface area contributed by atoms with Crippen molar-refractivity contribution in [2.24, 2.45) is 5.41 Å². The summed E-state index contributed by atoms with van der Waals surface area (Å²) in [7, 11) is 1.63. The number of alkyl halides is 3. The summed E-state index contributed by atoms with van der Waals surface area (Å²) in [5, 5.41) is 0. The Morgan fingerprint density at radius 3 is 2.55 bits per heavy atom. The van der Waals surface area contributed by atoms with Gasteiger partial charge in [-0.3, -0.25) is 4.90 Å². The first-order valence-electron chi connectivity index (χ1n) is 13.1. The van der Waals surface area contributed by atoms with E-state index in [1.807, 2.05) is 19.1 Å². The molecule has 1 aliphatic heterocycles. The Bertz CT molecular complexity index is 1250. The number of amides is 1. The van der Waals surface area contributed by atoms with Crippen LogP contribution in [0.5, 0.6) is 5.75 Å². The summed E-state index contributed by atoms with van der Waals surface area (Å²) in [5.74, 6) is 0.935. The Morgan fingerprint density at radius 1 is 1.21 bits per heavy atom. The van der Waals surface area contributed by atoms with E-state index in [1.54, 1.807) is 25.0 Å². The van der Waals surface area contributed by atoms with Gasteiger partial charge in [0.1, 0.15) is 17.5 Å². The highest BCUT2D eigenvalue weighted by Crippen LogP contribution is 2.45. The third kappa shape index (κ3) is 5.69. The molecule has 8 heteroatoms. The largest absolute Gasteiger partial charge is 0.494 e. The van der Waals surface area contributed by atoms with Crippen molar-refractivity contribution in [2.75, 3.05) is 13.7 Å². The second-order valence-electron chi connectivity index (χ2n) is 11.7. The first kappa shape index (κ1) is 28.0. The first-order valence-corrected chi connectivity index (χ1v) is 13.1. The second-order valence-corrected chi connectivity index (χ2v) is 11.7. The van der Waals surface area contributed by atoms with Crippen molar-refractivity contribution in [1.29, 1.82) is 0 Å². The number of rotatable bonds is 6. The van der Waals surface area contributed by atoms with Crippen molar-refractivity contribution in [3.63, 3.8) is 0 Å². The van der Waals surface area contributed by atoms with Crippen LogP contribution in [0.25, 0.3) is 5.57 Å². The van der Waals surface area contributed by atoms with Crippen molar-refractivity contribution in [2.45, 2.75) is 85.0 Å². The quantitative estimate of drug-likeness (QED) is 0.379. The molecule has 2 atom stereocenters. The van der Waals surface area contributed by atoms with Gasteiger partial charge in [-0.1, -0.05) is 39.3 Å². The summed E-state index contributed by atoms with van der Waals surface area (Å²) >= 11 is 0. The van der Waals surface area contributed by atoms with Crippen molar-refractivity contribution in [3.05, 3.63) is 64.0 Å². The molecule has 0 spiro atoms. The standard InChI is InChI=1S/C30H37F3N2O3/c1-17(2)24-8-9-25(37-7)26(34-24)23-10-11-29(5,6)15-21(23)16-35-19(4)27(38-28(35)36)20-12-18(3)13-22(14-20)30(31,32)33/h8-9,12-14,17,19,27H,10-11,15-16H2,1-7H3/t19-,27-/m0/s1. The van der Waals surface area contributed by atoms with Crippen LogP contribution in [0, 0.1) is 12.3 Å². The SMILES string of the molecule is COc1ccc(C(C)C)nc1C1=C(CN2C(=O)O[C@H](c3cc(C)cc(C(F)(F)F)c3)[C@@H]2C)CC(C)(C)CC1. The topological polar surface area (TPSA) is 51.7 Å². The summed E-state index contributed by atoms with van der Waals surface area (Å²) in [6.07, 6.45) is -3.26. The van der Waals surface area contributed by atoms with Crippen LogP contribution < -0.4 is 4.74 Å². The summed E-state index contributed by atoms with van der Waals surface area (Å²) < 4.78 is 51.8. The highest BCUT2D eigenvalue weighted by molar-refractivity contribution is 5.75. The van der Waals surface area contributed by atoms with Gasteiger partial charge in [0.2, 0.25) is 0 Å². The summed E-state index contributed by atoms with van der Waals surface area (Å²) in [4.78, 5) is 19.7. The average molecular weight is 531 g/mol. The molecule has 1 fully saturated rings. The lowest BCUT2D eigenvalue weighted by molar-refractivity contribution is -0.137. The van der Waals surface area contributed by atoms with Crippen LogP contribution in [0.1, 0.15) is 94.0 Å². The van der Waals surface area contributed by atoms with E-state index < -0.39 is 30.0 Å². The van der Waals surface area contributed by atoms with Crippen LogP contribution in [-0.4, -0.2) is 35.7 Å². The highest BCUT2D eigenvalue weighted by atomic mass is 19.4. The lowest BCUT2D eigenvalue weighted by atomic mass is 9.73. The number of aromatic nitrogens is 1. The fraction of sp³-hybridized carbons (Fsp3) is 0.533. The Morgan fingerprint density at radius 2 is 1.92 bits per heavy atom. The monoisotopic (exact) mass is 530 g/mol. The second kappa shape index (κ2) is 10.3. The molecule has 0 unspecified atom stereocenters. The predicted octanol–water partition coefficient (Wildman–Crippen LogP) is 8.09. The van der Waals surface area contributed by atoms with Gasteiger partial charge in [0, 0.05) is 12.2 Å². The van der Waals surface area contributed by atoms with Crippen LogP contribution in [0.2, 0.25) is 0 Å². The molecule has 206 valence electrons. The molecule has 0 saturated carbocycles.